The summed E-state index contributed by atoms with van der Waals surface area (Å²) in [6, 6.07) is 19.8. The molecule has 1 aromatic heterocycles. The van der Waals surface area contributed by atoms with Crippen molar-refractivity contribution in [1.29, 1.82) is 0 Å². The SMILES string of the molecule is CCC1C(=Cc2sc3ccc(Cl)cc3[n+]2CCCCNC(=O)CCN(CC)c2ccc(CC(=O)O)cc2)Sc2ccc(Cl)cc21. The highest BCUT2D eigenvalue weighted by Gasteiger charge is 2.29. The lowest BCUT2D eigenvalue weighted by Gasteiger charge is -2.23. The van der Waals surface area contributed by atoms with Gasteiger partial charge in [0.05, 0.1) is 6.42 Å². The van der Waals surface area contributed by atoms with Crippen molar-refractivity contribution < 1.29 is 19.3 Å². The van der Waals surface area contributed by atoms with Crippen LogP contribution in [0.1, 0.15) is 61.6 Å². The Labute approximate surface area is 283 Å². The molecule has 5 rings (SSSR count). The number of anilines is 1. The van der Waals surface area contributed by atoms with Gasteiger partial charge in [-0.15, -0.1) is 0 Å². The third kappa shape index (κ3) is 8.41. The number of carboxylic acids is 1. The normalized spacial score (nSPS) is 15.0. The summed E-state index contributed by atoms with van der Waals surface area (Å²) >= 11 is 16.4. The minimum Gasteiger partial charge on any atom is -0.481 e. The zero-order chi connectivity index (χ0) is 31.9. The number of halogens is 2. The Morgan fingerprint density at radius 1 is 1.02 bits per heavy atom. The molecule has 2 heterocycles. The zero-order valence-electron chi connectivity index (χ0n) is 25.5. The fourth-order valence-corrected chi connectivity index (χ4v) is 8.60. The van der Waals surface area contributed by atoms with E-state index in [1.54, 1.807) is 11.3 Å². The first-order valence-electron chi connectivity index (χ1n) is 15.4. The van der Waals surface area contributed by atoms with Crippen molar-refractivity contribution in [1.82, 2.24) is 5.32 Å². The number of allylic oxidation sites excluding steroid dienone is 1. The fourth-order valence-electron chi connectivity index (χ4n) is 5.74. The molecular weight excluding hydrogens is 645 g/mol. The van der Waals surface area contributed by atoms with Crippen molar-refractivity contribution in [3.8, 4) is 0 Å². The number of aryl methyl sites for hydroxylation is 1. The second-order valence-electron chi connectivity index (χ2n) is 11.1. The Morgan fingerprint density at radius 3 is 2.51 bits per heavy atom. The summed E-state index contributed by atoms with van der Waals surface area (Å²) < 4.78 is 3.57. The summed E-state index contributed by atoms with van der Waals surface area (Å²) in [7, 11) is 0. The average molecular weight is 684 g/mol. The van der Waals surface area contributed by atoms with E-state index in [1.165, 1.54) is 25.1 Å². The third-order valence-electron chi connectivity index (χ3n) is 8.06. The minimum atomic E-state index is -0.845. The van der Waals surface area contributed by atoms with E-state index in [4.69, 9.17) is 28.3 Å². The van der Waals surface area contributed by atoms with Crippen molar-refractivity contribution >= 4 is 80.2 Å². The molecule has 0 fully saturated rings. The van der Waals surface area contributed by atoms with Crippen LogP contribution in [0.25, 0.3) is 16.3 Å². The van der Waals surface area contributed by atoms with Gasteiger partial charge in [0, 0.05) is 76.1 Å². The predicted molar refractivity (Wildman–Crippen MR) is 188 cm³/mol. The van der Waals surface area contributed by atoms with E-state index in [0.717, 1.165) is 59.2 Å². The van der Waals surface area contributed by atoms with Gasteiger partial charge in [-0.05, 0) is 73.4 Å². The molecule has 3 aromatic carbocycles. The number of nitrogens with zero attached hydrogens (tertiary/aromatic N) is 2. The molecule has 0 saturated heterocycles. The van der Waals surface area contributed by atoms with Gasteiger partial charge in [0.1, 0.15) is 4.70 Å². The zero-order valence-corrected chi connectivity index (χ0v) is 28.7. The van der Waals surface area contributed by atoms with Gasteiger partial charge in [-0.2, -0.15) is 4.57 Å². The Hall–Kier alpha value is -3.04. The number of thioether (sulfide) groups is 1. The lowest BCUT2D eigenvalue weighted by Crippen LogP contribution is -2.36. The van der Waals surface area contributed by atoms with Gasteiger partial charge < -0.3 is 15.3 Å². The molecule has 45 heavy (non-hydrogen) atoms. The average Bonchev–Trinajstić information content (AvgIpc) is 3.53. The van der Waals surface area contributed by atoms with Crippen LogP contribution in [0.15, 0.2) is 70.5 Å². The van der Waals surface area contributed by atoms with Crippen LogP contribution in [0.4, 0.5) is 5.69 Å². The molecule has 1 unspecified atom stereocenters. The molecule has 1 aliphatic rings. The number of benzene rings is 3. The van der Waals surface area contributed by atoms with Crippen LogP contribution in [0.3, 0.4) is 0 Å². The molecule has 10 heteroatoms. The molecule has 6 nitrogen and oxygen atoms in total. The Morgan fingerprint density at radius 2 is 1.78 bits per heavy atom. The van der Waals surface area contributed by atoms with Crippen molar-refractivity contribution in [3.63, 3.8) is 0 Å². The van der Waals surface area contributed by atoms with E-state index in [1.807, 2.05) is 54.2 Å². The van der Waals surface area contributed by atoms with E-state index >= 15 is 0 Å². The first kappa shape index (κ1) is 33.3. The van der Waals surface area contributed by atoms with Crippen molar-refractivity contribution in [2.24, 2.45) is 0 Å². The summed E-state index contributed by atoms with van der Waals surface area (Å²) in [6.07, 6.45) is 5.54. The van der Waals surface area contributed by atoms with Crippen LogP contribution >= 0.6 is 46.3 Å². The number of carboxylic acid groups (broad SMARTS) is 1. The third-order valence-corrected chi connectivity index (χ3v) is 10.9. The quantitative estimate of drug-likeness (QED) is 0.103. The molecular formula is C35H38Cl2N3O3S2+. The minimum absolute atomic E-state index is 0.00560. The number of aromatic nitrogens is 1. The molecule has 1 amide bonds. The molecule has 0 aliphatic carbocycles. The number of hydrogen-bond donors (Lipinski definition) is 2. The summed E-state index contributed by atoms with van der Waals surface area (Å²) in [5.41, 5.74) is 4.19. The largest absolute Gasteiger partial charge is 0.481 e. The van der Waals surface area contributed by atoms with Crippen LogP contribution in [-0.4, -0.2) is 36.6 Å². The number of nitrogens with one attached hydrogen (secondary N) is 1. The number of aliphatic carboxylic acids is 1. The second-order valence-corrected chi connectivity index (χ2v) is 14.2. The topological polar surface area (TPSA) is 73.5 Å². The van der Waals surface area contributed by atoms with E-state index in [9.17, 15) is 9.59 Å². The number of carbonyl (C=O) groups is 2. The predicted octanol–water partition coefficient (Wildman–Crippen LogP) is 8.58. The Kier molecular flexibility index (Phi) is 11.5. The van der Waals surface area contributed by atoms with E-state index in [2.05, 4.69) is 52.9 Å². The maximum atomic E-state index is 12.7. The molecule has 0 bridgehead atoms. The van der Waals surface area contributed by atoms with Gasteiger partial charge in [0.25, 0.3) is 5.01 Å². The van der Waals surface area contributed by atoms with Crippen LogP contribution in [0.2, 0.25) is 10.0 Å². The first-order valence-corrected chi connectivity index (χ1v) is 17.8. The molecule has 4 aromatic rings. The Balaban J connectivity index is 1.17. The summed E-state index contributed by atoms with van der Waals surface area (Å²) in [6.45, 7) is 7.09. The lowest BCUT2D eigenvalue weighted by atomic mass is 9.96. The molecule has 0 spiro atoms. The van der Waals surface area contributed by atoms with Crippen molar-refractivity contribution in [2.75, 3.05) is 24.5 Å². The molecule has 1 aliphatic heterocycles. The van der Waals surface area contributed by atoms with Crippen LogP contribution in [-0.2, 0) is 22.6 Å². The highest BCUT2D eigenvalue weighted by atomic mass is 35.5. The highest BCUT2D eigenvalue weighted by Crippen LogP contribution is 2.51. The number of rotatable bonds is 14. The monoisotopic (exact) mass is 682 g/mol. The van der Waals surface area contributed by atoms with Crippen molar-refractivity contribution in [3.05, 3.63) is 91.7 Å². The Bertz CT molecular complexity index is 1700. The summed E-state index contributed by atoms with van der Waals surface area (Å²) in [5.74, 6) is -0.478. The summed E-state index contributed by atoms with van der Waals surface area (Å²) in [5, 5.41) is 14.8. The molecule has 0 radical (unpaired) electrons. The van der Waals surface area contributed by atoms with Gasteiger partial charge in [-0.3, -0.25) is 9.59 Å². The summed E-state index contributed by atoms with van der Waals surface area (Å²) in [4.78, 5) is 28.3. The van der Waals surface area contributed by atoms with Gasteiger partial charge >= 0.3 is 5.97 Å². The van der Waals surface area contributed by atoms with Crippen LogP contribution in [0, 0.1) is 0 Å². The molecule has 236 valence electrons. The number of thiazole rings is 1. The van der Waals surface area contributed by atoms with Crippen LogP contribution in [0.5, 0.6) is 0 Å². The molecule has 0 saturated carbocycles. The number of amides is 1. The number of unbranched alkanes of at least 4 members (excludes halogenated alkanes) is 1. The van der Waals surface area contributed by atoms with E-state index in [0.29, 0.717) is 25.4 Å². The fraction of sp³-hybridized carbons (Fsp3) is 0.343. The van der Waals surface area contributed by atoms with Crippen LogP contribution < -0.4 is 14.8 Å². The highest BCUT2D eigenvalue weighted by molar-refractivity contribution is 8.03. The standard InChI is InChI=1S/C35H37Cl2N3O3S2/c1-3-27-28-20-24(36)9-13-30(28)44-32(27)22-34-40(29-21-25(37)10-14-31(29)45-34)17-6-5-16-38-33(41)15-18-39(4-2)26-11-7-23(8-12-26)19-35(42)43/h7-14,20-22,27H,3-6,15-19H2,1-2H3,(H-,38,41,42,43)/p+1. The number of hydrogen-bond acceptors (Lipinski definition) is 5. The lowest BCUT2D eigenvalue weighted by molar-refractivity contribution is -0.669. The number of carbonyl (C=O) groups excluding carboxylic acids is 1. The van der Waals surface area contributed by atoms with Gasteiger partial charge in [-0.25, -0.2) is 0 Å². The first-order chi connectivity index (χ1) is 21.7. The maximum absolute atomic E-state index is 12.7. The van der Waals surface area contributed by atoms with E-state index < -0.39 is 5.97 Å². The van der Waals surface area contributed by atoms with Gasteiger partial charge in [0.2, 0.25) is 11.4 Å². The molecule has 2 N–H and O–H groups in total. The maximum Gasteiger partial charge on any atom is 0.307 e. The van der Waals surface area contributed by atoms with Crippen molar-refractivity contribution in [2.45, 2.75) is 63.3 Å². The van der Waals surface area contributed by atoms with E-state index in [-0.39, 0.29) is 12.3 Å². The molecule has 1 atom stereocenters. The van der Waals surface area contributed by atoms with Gasteiger partial charge in [-0.1, -0.05) is 65.4 Å². The second kappa shape index (κ2) is 15.5. The number of fused-ring (bicyclic) bond motifs is 2. The smallest absolute Gasteiger partial charge is 0.307 e. The van der Waals surface area contributed by atoms with Gasteiger partial charge in [0.15, 0.2) is 6.54 Å².